The molecular formula is C25H31F3N6O. The summed E-state index contributed by atoms with van der Waals surface area (Å²) < 4.78 is 79.2. The van der Waals surface area contributed by atoms with Gasteiger partial charge in [0, 0.05) is 65.9 Å². The summed E-state index contributed by atoms with van der Waals surface area (Å²) in [5.41, 5.74) is -0.940. The van der Waals surface area contributed by atoms with Crippen molar-refractivity contribution in [2.75, 3.05) is 31.1 Å². The van der Waals surface area contributed by atoms with Crippen LogP contribution in [-0.4, -0.2) is 70.1 Å². The number of anilines is 1. The third-order valence-corrected chi connectivity index (χ3v) is 7.02. The van der Waals surface area contributed by atoms with Crippen LogP contribution in [0.25, 0.3) is 0 Å². The number of benzene rings is 1. The molecular weight excluding hydrogens is 457 g/mol. The van der Waals surface area contributed by atoms with Crippen LogP contribution in [0.1, 0.15) is 44.7 Å². The van der Waals surface area contributed by atoms with Gasteiger partial charge < -0.3 is 15.1 Å². The first-order valence-electron chi connectivity index (χ1n) is 14.2. The van der Waals surface area contributed by atoms with Crippen LogP contribution >= 0.6 is 0 Å². The molecule has 1 aliphatic carbocycles. The molecule has 188 valence electrons. The van der Waals surface area contributed by atoms with E-state index in [-0.39, 0.29) is 59.2 Å². The first-order valence-corrected chi connectivity index (χ1v) is 11.7. The molecule has 1 N–H and O–H groups in total. The molecule has 3 heterocycles. The van der Waals surface area contributed by atoms with Gasteiger partial charge >= 0.3 is 12.2 Å². The lowest BCUT2D eigenvalue weighted by Gasteiger charge is -2.59. The molecule has 2 aromatic rings. The van der Waals surface area contributed by atoms with E-state index in [0.717, 1.165) is 12.4 Å². The number of alkyl halides is 3. The molecule has 2 saturated heterocycles. The lowest BCUT2D eigenvalue weighted by atomic mass is 9.60. The number of hydrogen-bond donors (Lipinski definition) is 1. The van der Waals surface area contributed by atoms with E-state index in [1.54, 1.807) is 14.7 Å². The fraction of sp³-hybridized carbons (Fsp3) is 0.560. The molecule has 5 rings (SSSR count). The van der Waals surface area contributed by atoms with Crippen molar-refractivity contribution in [1.82, 2.24) is 25.1 Å². The second-order valence-electron chi connectivity index (χ2n) is 9.94. The van der Waals surface area contributed by atoms with Crippen molar-refractivity contribution in [2.45, 2.75) is 57.5 Å². The predicted molar refractivity (Wildman–Crippen MR) is 126 cm³/mol. The lowest BCUT2D eigenvalue weighted by molar-refractivity contribution is -0.138. The molecule has 3 aliphatic rings. The SMILES string of the molecule is [2H]c1ccc(C([2H])([2H])N2CC3(CC(NC(=O)N4[C@H](C)CN(c5ncc(C(F)(F)F)cn5)C[C@@H]4C)C3)C2)c([2H])c1[2H]. The summed E-state index contributed by atoms with van der Waals surface area (Å²) in [5, 5.41) is 3.08. The molecule has 1 saturated carbocycles. The molecule has 0 unspecified atom stereocenters. The van der Waals surface area contributed by atoms with Gasteiger partial charge in [-0.05, 0) is 37.7 Å². The third kappa shape index (κ3) is 4.94. The molecule has 0 radical (unpaired) electrons. The van der Waals surface area contributed by atoms with Crippen LogP contribution in [0.2, 0.25) is 0 Å². The Kier molecular flexibility index (Phi) is 4.71. The molecule has 3 fully saturated rings. The molecule has 10 heteroatoms. The molecule has 1 spiro atoms. The second-order valence-corrected chi connectivity index (χ2v) is 9.94. The molecule has 2 amide bonds. The molecule has 2 aliphatic heterocycles. The van der Waals surface area contributed by atoms with Gasteiger partial charge in [0.15, 0.2) is 0 Å². The third-order valence-electron chi connectivity index (χ3n) is 7.02. The number of hydrogen-bond acceptors (Lipinski definition) is 5. The summed E-state index contributed by atoms with van der Waals surface area (Å²) in [7, 11) is 0. The van der Waals surface area contributed by atoms with Gasteiger partial charge in [-0.2, -0.15) is 13.2 Å². The van der Waals surface area contributed by atoms with E-state index < -0.39 is 18.2 Å². The maximum atomic E-state index is 13.2. The summed E-state index contributed by atoms with van der Waals surface area (Å²) in [5.74, 6) is 0.189. The van der Waals surface area contributed by atoms with Crippen LogP contribution in [0.3, 0.4) is 0 Å². The summed E-state index contributed by atoms with van der Waals surface area (Å²) in [6, 6.07) is 1.35. The topological polar surface area (TPSA) is 64.6 Å². The minimum atomic E-state index is -4.51. The average molecular weight is 494 g/mol. The number of carbonyl (C=O) groups excluding carboxylic acids is 1. The van der Waals surface area contributed by atoms with Crippen molar-refractivity contribution in [2.24, 2.45) is 5.41 Å². The van der Waals surface area contributed by atoms with E-state index in [0.29, 0.717) is 39.0 Å². The Morgan fingerprint density at radius 2 is 1.86 bits per heavy atom. The maximum Gasteiger partial charge on any atom is 0.419 e. The van der Waals surface area contributed by atoms with Crippen LogP contribution < -0.4 is 10.2 Å². The van der Waals surface area contributed by atoms with Crippen LogP contribution in [-0.2, 0) is 12.7 Å². The number of amides is 2. The molecule has 35 heavy (non-hydrogen) atoms. The van der Waals surface area contributed by atoms with E-state index in [4.69, 9.17) is 6.85 Å². The van der Waals surface area contributed by atoms with E-state index in [2.05, 4.69) is 15.3 Å². The van der Waals surface area contributed by atoms with Gasteiger partial charge in [-0.25, -0.2) is 14.8 Å². The normalized spacial score (nSPS) is 27.2. The number of urea groups is 1. The Labute approximate surface area is 210 Å². The van der Waals surface area contributed by atoms with Crippen LogP contribution in [0, 0.1) is 5.41 Å². The van der Waals surface area contributed by atoms with Gasteiger partial charge in [0.25, 0.3) is 0 Å². The van der Waals surface area contributed by atoms with Gasteiger partial charge in [0.1, 0.15) is 0 Å². The Morgan fingerprint density at radius 1 is 1.20 bits per heavy atom. The van der Waals surface area contributed by atoms with Gasteiger partial charge in [-0.15, -0.1) is 0 Å². The van der Waals surface area contributed by atoms with Crippen LogP contribution in [0.4, 0.5) is 23.9 Å². The summed E-state index contributed by atoms with van der Waals surface area (Å²) in [6.07, 6.45) is -1.57. The molecule has 1 aromatic heterocycles. The highest BCUT2D eigenvalue weighted by Gasteiger charge is 2.52. The zero-order valence-electron chi connectivity index (χ0n) is 24.6. The smallest absolute Gasteiger partial charge is 0.337 e. The van der Waals surface area contributed by atoms with Crippen molar-refractivity contribution in [1.29, 1.82) is 0 Å². The number of rotatable bonds is 4. The lowest BCUT2D eigenvalue weighted by Crippen LogP contribution is -2.68. The van der Waals surface area contributed by atoms with Crippen molar-refractivity contribution in [3.63, 3.8) is 0 Å². The number of carbonyl (C=O) groups is 1. The summed E-state index contributed by atoms with van der Waals surface area (Å²) >= 11 is 0. The maximum absolute atomic E-state index is 13.2. The Bertz CT molecular complexity index is 1270. The molecule has 7 nitrogen and oxygen atoms in total. The molecule has 2 atom stereocenters. The minimum Gasteiger partial charge on any atom is -0.337 e. The number of nitrogens with zero attached hydrogens (tertiary/aromatic N) is 5. The van der Waals surface area contributed by atoms with Gasteiger partial charge in [-0.1, -0.05) is 30.3 Å². The van der Waals surface area contributed by atoms with E-state index in [9.17, 15) is 18.0 Å². The zero-order chi connectivity index (χ0) is 29.2. The van der Waals surface area contributed by atoms with Crippen molar-refractivity contribution >= 4 is 12.0 Å². The van der Waals surface area contributed by atoms with Gasteiger partial charge in [0.2, 0.25) is 5.95 Å². The fourth-order valence-corrected chi connectivity index (χ4v) is 5.50. The summed E-state index contributed by atoms with van der Waals surface area (Å²) in [6.45, 7) is 3.51. The van der Waals surface area contributed by atoms with Crippen LogP contribution in [0.5, 0.6) is 0 Å². The van der Waals surface area contributed by atoms with E-state index >= 15 is 0 Å². The fourth-order valence-electron chi connectivity index (χ4n) is 5.50. The highest BCUT2D eigenvalue weighted by molar-refractivity contribution is 5.76. The van der Waals surface area contributed by atoms with Gasteiger partial charge in [0.05, 0.1) is 9.68 Å². The van der Waals surface area contributed by atoms with E-state index in [1.807, 2.05) is 13.8 Å². The van der Waals surface area contributed by atoms with Crippen molar-refractivity contribution < 1.29 is 24.8 Å². The number of likely N-dealkylation sites (tertiary alicyclic amines) is 1. The quantitative estimate of drug-likeness (QED) is 0.703. The van der Waals surface area contributed by atoms with Crippen molar-refractivity contribution in [3.8, 4) is 0 Å². The number of aromatic nitrogens is 2. The standard InChI is InChI=1S/C25H31F3N6O/c1-17-12-33(22-29-10-20(11-30-22)25(26,27)28)13-18(2)34(17)23(35)31-21-8-24(9-21)15-32(16-24)14-19-6-4-3-5-7-19/h3-7,10-11,17-18,21H,8-9,12-16H2,1-2H3,(H,31,35)/t17-,18+/i3D,4D,6D,14D2. The Morgan fingerprint density at radius 3 is 2.49 bits per heavy atom. The summed E-state index contributed by atoms with van der Waals surface area (Å²) in [4.78, 5) is 26.1. The van der Waals surface area contributed by atoms with Crippen LogP contribution in [0.15, 0.2) is 42.7 Å². The number of piperazine rings is 1. The van der Waals surface area contributed by atoms with Crippen molar-refractivity contribution in [3.05, 3.63) is 53.8 Å². The highest BCUT2D eigenvalue weighted by Crippen LogP contribution is 2.48. The minimum absolute atomic E-state index is 0.0506. The largest absolute Gasteiger partial charge is 0.419 e. The molecule has 0 bridgehead atoms. The monoisotopic (exact) mass is 493 g/mol. The second kappa shape index (κ2) is 8.96. The molecule has 1 aromatic carbocycles. The first-order chi connectivity index (χ1) is 18.6. The first kappa shape index (κ1) is 18.4. The predicted octanol–water partition coefficient (Wildman–Crippen LogP) is 3.77. The average Bonchev–Trinajstić information content (AvgIpc) is 2.82. The zero-order valence-corrected chi connectivity index (χ0v) is 19.6. The van der Waals surface area contributed by atoms with Gasteiger partial charge in [-0.3, -0.25) is 4.90 Å². The van der Waals surface area contributed by atoms with E-state index in [1.165, 1.54) is 12.1 Å². The number of nitrogens with one attached hydrogen (secondary N) is 1. The highest BCUT2D eigenvalue weighted by atomic mass is 19.4. The number of halogens is 3. The Balaban J connectivity index is 1.13. The Hall–Kier alpha value is -2.88.